The second kappa shape index (κ2) is 5.81. The summed E-state index contributed by atoms with van der Waals surface area (Å²) < 4.78 is 0. The van der Waals surface area contributed by atoms with Gasteiger partial charge in [-0.15, -0.1) is 0 Å². The van der Waals surface area contributed by atoms with E-state index in [9.17, 15) is 19.7 Å². The average molecular weight is 331 g/mol. The van der Waals surface area contributed by atoms with Gasteiger partial charge in [0.05, 0.1) is 17.8 Å². The van der Waals surface area contributed by atoms with Crippen LogP contribution in [0.15, 0.2) is 48.5 Å². The van der Waals surface area contributed by atoms with E-state index in [4.69, 9.17) is 11.6 Å². The molecule has 1 aliphatic rings. The van der Waals surface area contributed by atoms with Crippen LogP contribution in [0.25, 0.3) is 0 Å². The van der Waals surface area contributed by atoms with Crippen molar-refractivity contribution in [1.82, 2.24) is 0 Å². The molecule has 0 spiro atoms. The molecule has 1 unspecified atom stereocenters. The Kier molecular flexibility index (Phi) is 3.83. The second-order valence-corrected chi connectivity index (χ2v) is 5.56. The standard InChI is InChI=1S/C16H11ClN2O4/c17-11-6-7-13-12(8-11)15(20)14(19(22)23)16(21)18(13)9-10-4-2-1-3-5-10/h1-8,14H,9H2. The van der Waals surface area contributed by atoms with E-state index < -0.39 is 22.7 Å². The molecule has 116 valence electrons. The van der Waals surface area contributed by atoms with E-state index in [1.165, 1.54) is 17.0 Å². The molecule has 2 aromatic carbocycles. The van der Waals surface area contributed by atoms with Crippen molar-refractivity contribution in [2.75, 3.05) is 4.90 Å². The number of carbonyl (C=O) groups excluding carboxylic acids is 2. The highest BCUT2D eigenvalue weighted by molar-refractivity contribution is 6.32. The quantitative estimate of drug-likeness (QED) is 0.492. The predicted molar refractivity (Wildman–Crippen MR) is 84.2 cm³/mol. The summed E-state index contributed by atoms with van der Waals surface area (Å²) in [7, 11) is 0. The Balaban J connectivity index is 2.10. The minimum atomic E-state index is -1.93. The summed E-state index contributed by atoms with van der Waals surface area (Å²) in [5, 5.41) is 11.5. The van der Waals surface area contributed by atoms with Gasteiger partial charge in [-0.3, -0.25) is 19.7 Å². The van der Waals surface area contributed by atoms with Gasteiger partial charge in [0, 0.05) is 9.95 Å². The number of halogens is 1. The van der Waals surface area contributed by atoms with E-state index in [2.05, 4.69) is 0 Å². The molecule has 3 rings (SSSR count). The van der Waals surface area contributed by atoms with Crippen molar-refractivity contribution >= 4 is 29.0 Å². The summed E-state index contributed by atoms with van der Waals surface area (Å²) in [6.07, 6.45) is 0. The monoisotopic (exact) mass is 330 g/mol. The molecule has 0 saturated carbocycles. The lowest BCUT2D eigenvalue weighted by molar-refractivity contribution is -0.491. The molecule has 0 radical (unpaired) electrons. The van der Waals surface area contributed by atoms with Crippen LogP contribution in [0, 0.1) is 10.1 Å². The van der Waals surface area contributed by atoms with Crippen LogP contribution in [-0.4, -0.2) is 22.7 Å². The van der Waals surface area contributed by atoms with Crippen molar-refractivity contribution in [3.05, 3.63) is 74.8 Å². The molecule has 1 amide bonds. The van der Waals surface area contributed by atoms with Crippen molar-refractivity contribution in [3.63, 3.8) is 0 Å². The van der Waals surface area contributed by atoms with Crippen molar-refractivity contribution in [1.29, 1.82) is 0 Å². The van der Waals surface area contributed by atoms with Crippen LogP contribution in [0.1, 0.15) is 15.9 Å². The Morgan fingerprint density at radius 3 is 2.48 bits per heavy atom. The van der Waals surface area contributed by atoms with Gasteiger partial charge < -0.3 is 4.90 Å². The molecular weight excluding hydrogens is 320 g/mol. The Labute approximate surface area is 136 Å². The van der Waals surface area contributed by atoms with Crippen molar-refractivity contribution in [2.24, 2.45) is 0 Å². The number of nitrogens with zero attached hydrogens (tertiary/aromatic N) is 2. The summed E-state index contributed by atoms with van der Waals surface area (Å²) in [5.74, 6) is -1.67. The minimum Gasteiger partial charge on any atom is -0.301 e. The lowest BCUT2D eigenvalue weighted by Gasteiger charge is -2.29. The number of nitro groups is 1. The van der Waals surface area contributed by atoms with Crippen LogP contribution in [0.3, 0.4) is 0 Å². The molecule has 0 bridgehead atoms. The van der Waals surface area contributed by atoms with E-state index in [0.29, 0.717) is 5.69 Å². The number of rotatable bonds is 3. The largest absolute Gasteiger partial charge is 0.351 e. The highest BCUT2D eigenvalue weighted by Crippen LogP contribution is 2.32. The summed E-state index contributed by atoms with van der Waals surface area (Å²) >= 11 is 5.89. The average Bonchev–Trinajstić information content (AvgIpc) is 2.52. The van der Waals surface area contributed by atoms with Gasteiger partial charge in [0.1, 0.15) is 0 Å². The molecular formula is C16H11ClN2O4. The van der Waals surface area contributed by atoms with Crippen molar-refractivity contribution < 1.29 is 14.5 Å². The van der Waals surface area contributed by atoms with Crippen LogP contribution in [-0.2, 0) is 11.3 Å². The van der Waals surface area contributed by atoms with Crippen LogP contribution in [0.4, 0.5) is 5.69 Å². The maximum absolute atomic E-state index is 12.5. The molecule has 0 aliphatic carbocycles. The third-order valence-corrected chi connectivity index (χ3v) is 3.89. The Hall–Kier alpha value is -2.73. The van der Waals surface area contributed by atoms with Gasteiger partial charge in [0.25, 0.3) is 0 Å². The van der Waals surface area contributed by atoms with E-state index in [0.717, 1.165) is 5.56 Å². The highest BCUT2D eigenvalue weighted by atomic mass is 35.5. The molecule has 2 aromatic rings. The number of ketones is 1. The minimum absolute atomic E-state index is 0.0923. The smallest absolute Gasteiger partial charge is 0.301 e. The van der Waals surface area contributed by atoms with E-state index in [1.807, 2.05) is 18.2 Å². The van der Waals surface area contributed by atoms with E-state index >= 15 is 0 Å². The first kappa shape index (κ1) is 15.2. The fourth-order valence-electron chi connectivity index (χ4n) is 2.58. The van der Waals surface area contributed by atoms with Gasteiger partial charge in [-0.2, -0.15) is 0 Å². The number of benzene rings is 2. The van der Waals surface area contributed by atoms with Crippen LogP contribution in [0.2, 0.25) is 5.02 Å². The highest BCUT2D eigenvalue weighted by Gasteiger charge is 2.47. The first-order chi connectivity index (χ1) is 11.0. The molecule has 0 fully saturated rings. The predicted octanol–water partition coefficient (Wildman–Crippen LogP) is 2.71. The maximum atomic E-state index is 12.5. The van der Waals surface area contributed by atoms with Crippen molar-refractivity contribution in [2.45, 2.75) is 12.6 Å². The molecule has 7 heteroatoms. The normalized spacial score (nSPS) is 17.1. The topological polar surface area (TPSA) is 80.5 Å². The number of hydrogen-bond donors (Lipinski definition) is 0. The zero-order chi connectivity index (χ0) is 16.6. The van der Waals surface area contributed by atoms with Crippen molar-refractivity contribution in [3.8, 4) is 0 Å². The van der Waals surface area contributed by atoms with E-state index in [-0.39, 0.29) is 17.1 Å². The Morgan fingerprint density at radius 2 is 1.83 bits per heavy atom. The molecule has 23 heavy (non-hydrogen) atoms. The Bertz CT molecular complexity index is 807. The van der Waals surface area contributed by atoms with Crippen LogP contribution < -0.4 is 4.90 Å². The van der Waals surface area contributed by atoms with Gasteiger partial charge >= 0.3 is 11.9 Å². The molecule has 1 atom stereocenters. The van der Waals surface area contributed by atoms with Gasteiger partial charge in [0.15, 0.2) is 0 Å². The maximum Gasteiger partial charge on any atom is 0.351 e. The third kappa shape index (κ3) is 2.68. The molecule has 6 nitrogen and oxygen atoms in total. The Morgan fingerprint density at radius 1 is 1.13 bits per heavy atom. The first-order valence-electron chi connectivity index (χ1n) is 6.81. The fourth-order valence-corrected chi connectivity index (χ4v) is 2.75. The fraction of sp³-hybridized carbons (Fsp3) is 0.125. The lowest BCUT2D eigenvalue weighted by atomic mass is 9.95. The summed E-state index contributed by atoms with van der Waals surface area (Å²) in [6.45, 7) is 0.145. The van der Waals surface area contributed by atoms with Gasteiger partial charge in [-0.25, -0.2) is 0 Å². The van der Waals surface area contributed by atoms with Crippen LogP contribution in [0.5, 0.6) is 0 Å². The molecule has 1 aliphatic heterocycles. The number of fused-ring (bicyclic) bond motifs is 1. The summed E-state index contributed by atoms with van der Waals surface area (Å²) in [6, 6.07) is 11.6. The SMILES string of the molecule is O=C1c2cc(Cl)ccc2N(Cc2ccccc2)C(=O)C1[N+](=O)[O-]. The molecule has 0 saturated heterocycles. The number of amides is 1. The molecule has 0 N–H and O–H groups in total. The zero-order valence-corrected chi connectivity index (χ0v) is 12.6. The zero-order valence-electron chi connectivity index (χ0n) is 11.8. The number of hydrogen-bond acceptors (Lipinski definition) is 4. The summed E-state index contributed by atoms with van der Waals surface area (Å²) in [4.78, 5) is 36.3. The lowest BCUT2D eigenvalue weighted by Crippen LogP contribution is -2.51. The summed E-state index contributed by atoms with van der Waals surface area (Å²) in [5.41, 5.74) is 1.24. The van der Waals surface area contributed by atoms with E-state index in [1.54, 1.807) is 18.2 Å². The van der Waals surface area contributed by atoms with Gasteiger partial charge in [-0.05, 0) is 23.8 Å². The third-order valence-electron chi connectivity index (χ3n) is 3.66. The van der Waals surface area contributed by atoms with Gasteiger partial charge in [-0.1, -0.05) is 41.9 Å². The molecule has 0 aromatic heterocycles. The first-order valence-corrected chi connectivity index (χ1v) is 7.19. The number of anilines is 1. The van der Waals surface area contributed by atoms with Gasteiger partial charge in [0.2, 0.25) is 5.78 Å². The number of Topliss-reactive ketones (excluding diaryl/α,β-unsaturated/α-hetero) is 1. The number of carbonyl (C=O) groups is 2. The molecule has 1 heterocycles. The van der Waals surface area contributed by atoms with Crippen LogP contribution >= 0.6 is 11.6 Å². The second-order valence-electron chi connectivity index (χ2n) is 5.12.